The molecule has 0 fully saturated rings. The van der Waals surface area contributed by atoms with E-state index in [1.165, 1.54) is 0 Å². The monoisotopic (exact) mass is 293 g/mol. The highest BCUT2D eigenvalue weighted by molar-refractivity contribution is 5.82. The SMILES string of the molecule is CNCc1c(COCCOCCOC)oc2ccccc12. The largest absolute Gasteiger partial charge is 0.458 e. The zero-order valence-corrected chi connectivity index (χ0v) is 12.7. The molecule has 0 radical (unpaired) electrons. The van der Waals surface area contributed by atoms with E-state index in [1.807, 2.05) is 25.2 Å². The van der Waals surface area contributed by atoms with E-state index in [2.05, 4.69) is 11.4 Å². The second kappa shape index (κ2) is 8.79. The summed E-state index contributed by atoms with van der Waals surface area (Å²) in [5, 5.41) is 4.31. The van der Waals surface area contributed by atoms with E-state index >= 15 is 0 Å². The number of para-hydroxylation sites is 1. The number of furan rings is 1. The minimum absolute atomic E-state index is 0.458. The fourth-order valence-corrected chi connectivity index (χ4v) is 2.16. The van der Waals surface area contributed by atoms with Gasteiger partial charge in [0.1, 0.15) is 18.0 Å². The summed E-state index contributed by atoms with van der Waals surface area (Å²) in [6.07, 6.45) is 0. The Balaban J connectivity index is 1.87. The van der Waals surface area contributed by atoms with Crippen molar-refractivity contribution >= 4 is 11.0 Å². The van der Waals surface area contributed by atoms with E-state index in [-0.39, 0.29) is 0 Å². The first-order valence-electron chi connectivity index (χ1n) is 7.15. The number of ether oxygens (including phenoxy) is 3. The van der Waals surface area contributed by atoms with Gasteiger partial charge in [0.2, 0.25) is 0 Å². The van der Waals surface area contributed by atoms with Crippen LogP contribution in [0.4, 0.5) is 0 Å². The molecule has 1 N–H and O–H groups in total. The minimum Gasteiger partial charge on any atom is -0.458 e. The molecule has 5 heteroatoms. The average Bonchev–Trinajstić information content (AvgIpc) is 2.85. The van der Waals surface area contributed by atoms with Crippen molar-refractivity contribution in [3.63, 3.8) is 0 Å². The third-order valence-corrected chi connectivity index (χ3v) is 3.17. The zero-order chi connectivity index (χ0) is 14.9. The smallest absolute Gasteiger partial charge is 0.135 e. The van der Waals surface area contributed by atoms with Crippen molar-refractivity contribution in [2.75, 3.05) is 40.6 Å². The lowest BCUT2D eigenvalue weighted by Gasteiger charge is -2.06. The van der Waals surface area contributed by atoms with E-state index < -0.39 is 0 Å². The molecule has 1 heterocycles. The van der Waals surface area contributed by atoms with Crippen LogP contribution in [0.5, 0.6) is 0 Å². The summed E-state index contributed by atoms with van der Waals surface area (Å²) < 4.78 is 21.8. The van der Waals surface area contributed by atoms with Crippen LogP contribution in [0.25, 0.3) is 11.0 Å². The summed E-state index contributed by atoms with van der Waals surface area (Å²) in [7, 11) is 3.58. The molecule has 0 saturated heterocycles. The molecule has 0 aliphatic heterocycles. The molecule has 21 heavy (non-hydrogen) atoms. The fraction of sp³-hybridized carbons (Fsp3) is 0.500. The fourth-order valence-electron chi connectivity index (χ4n) is 2.16. The maximum Gasteiger partial charge on any atom is 0.135 e. The van der Waals surface area contributed by atoms with Gasteiger partial charge in [-0.15, -0.1) is 0 Å². The molecule has 0 amide bonds. The molecular formula is C16H23NO4. The second-order valence-corrected chi connectivity index (χ2v) is 4.69. The first-order valence-corrected chi connectivity index (χ1v) is 7.15. The van der Waals surface area contributed by atoms with Crippen molar-refractivity contribution in [2.45, 2.75) is 13.2 Å². The standard InChI is InChI=1S/C16H23NO4/c1-17-11-14-13-5-3-4-6-15(13)21-16(14)12-20-10-9-19-8-7-18-2/h3-6,17H,7-12H2,1-2H3. The van der Waals surface area contributed by atoms with Crippen molar-refractivity contribution in [3.05, 3.63) is 35.6 Å². The predicted octanol–water partition coefficient (Wildman–Crippen LogP) is 2.33. The molecular weight excluding hydrogens is 270 g/mol. The highest BCUT2D eigenvalue weighted by Crippen LogP contribution is 2.26. The Kier molecular flexibility index (Phi) is 6.69. The van der Waals surface area contributed by atoms with Gasteiger partial charge < -0.3 is 23.9 Å². The minimum atomic E-state index is 0.458. The summed E-state index contributed by atoms with van der Waals surface area (Å²) in [6.45, 7) is 3.52. The summed E-state index contributed by atoms with van der Waals surface area (Å²) >= 11 is 0. The molecule has 2 aromatic rings. The van der Waals surface area contributed by atoms with Crippen LogP contribution in [-0.4, -0.2) is 40.6 Å². The van der Waals surface area contributed by atoms with Crippen LogP contribution in [0.15, 0.2) is 28.7 Å². The highest BCUT2D eigenvalue weighted by atomic mass is 16.5. The lowest BCUT2D eigenvalue weighted by molar-refractivity contribution is 0.0162. The van der Waals surface area contributed by atoms with Gasteiger partial charge in [0, 0.05) is 24.6 Å². The van der Waals surface area contributed by atoms with Crippen LogP contribution < -0.4 is 5.32 Å². The Morgan fingerprint density at radius 3 is 2.62 bits per heavy atom. The average molecular weight is 293 g/mol. The molecule has 5 nitrogen and oxygen atoms in total. The maximum absolute atomic E-state index is 5.87. The van der Waals surface area contributed by atoms with E-state index in [9.17, 15) is 0 Å². The molecule has 0 aliphatic carbocycles. The summed E-state index contributed by atoms with van der Waals surface area (Å²) in [4.78, 5) is 0. The molecule has 1 aromatic heterocycles. The summed E-state index contributed by atoms with van der Waals surface area (Å²) in [5.74, 6) is 0.877. The first-order chi connectivity index (χ1) is 10.4. The van der Waals surface area contributed by atoms with E-state index in [0.717, 1.165) is 28.8 Å². The number of rotatable bonds is 10. The van der Waals surface area contributed by atoms with Crippen LogP contribution in [0.3, 0.4) is 0 Å². The number of benzene rings is 1. The van der Waals surface area contributed by atoms with E-state index in [1.54, 1.807) is 7.11 Å². The number of hydrogen-bond donors (Lipinski definition) is 1. The summed E-state index contributed by atoms with van der Waals surface area (Å²) in [5.41, 5.74) is 2.06. The van der Waals surface area contributed by atoms with Crippen molar-refractivity contribution < 1.29 is 18.6 Å². The Morgan fingerprint density at radius 2 is 1.81 bits per heavy atom. The van der Waals surface area contributed by atoms with Gasteiger partial charge in [-0.25, -0.2) is 0 Å². The van der Waals surface area contributed by atoms with Crippen molar-refractivity contribution in [3.8, 4) is 0 Å². The molecule has 0 bridgehead atoms. The van der Waals surface area contributed by atoms with Crippen LogP contribution >= 0.6 is 0 Å². The highest BCUT2D eigenvalue weighted by Gasteiger charge is 2.12. The molecule has 0 spiro atoms. The van der Waals surface area contributed by atoms with Gasteiger partial charge in [0.05, 0.1) is 26.4 Å². The lowest BCUT2D eigenvalue weighted by Crippen LogP contribution is -2.10. The Labute approximate surface area is 125 Å². The molecule has 0 unspecified atom stereocenters. The van der Waals surface area contributed by atoms with Crippen LogP contribution in [0, 0.1) is 0 Å². The topological polar surface area (TPSA) is 52.9 Å². The quantitative estimate of drug-likeness (QED) is 0.681. The van der Waals surface area contributed by atoms with Gasteiger partial charge in [-0.05, 0) is 13.1 Å². The molecule has 0 aliphatic rings. The third-order valence-electron chi connectivity index (χ3n) is 3.17. The zero-order valence-electron chi connectivity index (χ0n) is 12.7. The molecule has 116 valence electrons. The Bertz CT molecular complexity index is 538. The van der Waals surface area contributed by atoms with Crippen LogP contribution in [0.1, 0.15) is 11.3 Å². The van der Waals surface area contributed by atoms with Gasteiger partial charge in [0.15, 0.2) is 0 Å². The normalized spacial score (nSPS) is 11.3. The first kappa shape index (κ1) is 16.0. The third kappa shape index (κ3) is 4.54. The lowest BCUT2D eigenvalue weighted by atomic mass is 10.1. The van der Waals surface area contributed by atoms with Crippen molar-refractivity contribution in [1.29, 1.82) is 0 Å². The molecule has 0 atom stereocenters. The Hall–Kier alpha value is -1.40. The summed E-state index contributed by atoms with van der Waals surface area (Å²) in [6, 6.07) is 8.04. The number of nitrogens with one attached hydrogen (secondary N) is 1. The number of methoxy groups -OCH3 is 1. The number of fused-ring (bicyclic) bond motifs is 1. The van der Waals surface area contributed by atoms with Crippen LogP contribution in [-0.2, 0) is 27.4 Å². The van der Waals surface area contributed by atoms with Gasteiger partial charge >= 0.3 is 0 Å². The van der Waals surface area contributed by atoms with Crippen LogP contribution in [0.2, 0.25) is 0 Å². The van der Waals surface area contributed by atoms with Crippen molar-refractivity contribution in [1.82, 2.24) is 5.32 Å². The van der Waals surface area contributed by atoms with Crippen molar-refractivity contribution in [2.24, 2.45) is 0 Å². The van der Waals surface area contributed by atoms with E-state index in [4.69, 9.17) is 18.6 Å². The Morgan fingerprint density at radius 1 is 1.05 bits per heavy atom. The predicted molar refractivity (Wildman–Crippen MR) is 81.3 cm³/mol. The molecule has 2 rings (SSSR count). The van der Waals surface area contributed by atoms with Gasteiger partial charge in [-0.2, -0.15) is 0 Å². The number of hydrogen-bond acceptors (Lipinski definition) is 5. The molecule has 0 saturated carbocycles. The van der Waals surface area contributed by atoms with Gasteiger partial charge in [0.25, 0.3) is 0 Å². The van der Waals surface area contributed by atoms with Gasteiger partial charge in [-0.3, -0.25) is 0 Å². The van der Waals surface area contributed by atoms with E-state index in [0.29, 0.717) is 33.0 Å². The second-order valence-electron chi connectivity index (χ2n) is 4.69. The van der Waals surface area contributed by atoms with Gasteiger partial charge in [-0.1, -0.05) is 18.2 Å². The maximum atomic E-state index is 5.87. The molecule has 1 aromatic carbocycles.